The van der Waals surface area contributed by atoms with E-state index >= 15 is 0 Å². The van der Waals surface area contributed by atoms with Crippen LogP contribution in [0.1, 0.15) is 5.56 Å². The van der Waals surface area contributed by atoms with Crippen LogP contribution in [0.25, 0.3) is 41.7 Å². The van der Waals surface area contributed by atoms with E-state index in [0.29, 0.717) is 11.1 Å². The lowest BCUT2D eigenvalue weighted by atomic mass is 10.0. The van der Waals surface area contributed by atoms with Crippen LogP contribution >= 0.6 is 11.3 Å². The van der Waals surface area contributed by atoms with E-state index in [4.69, 9.17) is 5.73 Å². The van der Waals surface area contributed by atoms with Crippen molar-refractivity contribution in [3.63, 3.8) is 0 Å². The Balaban J connectivity index is 2.20. The summed E-state index contributed by atoms with van der Waals surface area (Å²) in [5.74, 6) is 0. The molecule has 0 aliphatic carbocycles. The number of fused-ring (bicyclic) bond motifs is 5. The normalized spacial score (nSPS) is 11.9. The monoisotopic (exact) mass is 373 g/mol. The van der Waals surface area contributed by atoms with Crippen molar-refractivity contribution in [3.05, 3.63) is 82.9 Å². The van der Waals surface area contributed by atoms with Gasteiger partial charge in [0.25, 0.3) is 0 Å². The third-order valence-corrected chi connectivity index (χ3v) is 6.16. The van der Waals surface area contributed by atoms with Crippen molar-refractivity contribution in [2.45, 2.75) is 6.92 Å². The van der Waals surface area contributed by atoms with E-state index in [1.165, 1.54) is 12.1 Å². The van der Waals surface area contributed by atoms with Crippen LogP contribution in [0.15, 0.2) is 55.6 Å². The Morgan fingerprint density at radius 2 is 1.19 bits per heavy atom. The lowest BCUT2D eigenvalue weighted by Gasteiger charge is -2.00. The third-order valence-electron chi connectivity index (χ3n) is 4.97. The van der Waals surface area contributed by atoms with Crippen LogP contribution in [-0.4, -0.2) is 0 Å². The van der Waals surface area contributed by atoms with Gasteiger partial charge in [-0.2, -0.15) is 0 Å². The Bertz CT molecular complexity index is 1670. The van der Waals surface area contributed by atoms with Crippen molar-refractivity contribution in [2.75, 3.05) is 5.73 Å². The first kappa shape index (κ1) is 15.8. The SMILES string of the molecule is Cc1ccc2c(=O)c3sc4c(=O)c5cc(N)ccc5c(=O)c4c3c(=O)c2c1. The molecule has 0 saturated carbocycles. The number of anilines is 1. The van der Waals surface area contributed by atoms with E-state index in [1.807, 2.05) is 6.92 Å². The van der Waals surface area contributed by atoms with Crippen molar-refractivity contribution < 1.29 is 0 Å². The molecule has 0 aliphatic rings. The van der Waals surface area contributed by atoms with Gasteiger partial charge in [-0.05, 0) is 37.3 Å². The number of aryl methyl sites for hydroxylation is 1. The largest absolute Gasteiger partial charge is 0.399 e. The highest BCUT2D eigenvalue weighted by molar-refractivity contribution is 7.25. The average molecular weight is 373 g/mol. The summed E-state index contributed by atoms with van der Waals surface area (Å²) in [6.07, 6.45) is 0. The first-order valence-corrected chi connectivity index (χ1v) is 9.06. The molecule has 130 valence electrons. The van der Waals surface area contributed by atoms with Gasteiger partial charge >= 0.3 is 0 Å². The first-order valence-electron chi connectivity index (χ1n) is 8.24. The summed E-state index contributed by atoms with van der Waals surface area (Å²) in [5.41, 5.74) is 5.44. The lowest BCUT2D eigenvalue weighted by Crippen LogP contribution is -2.15. The summed E-state index contributed by atoms with van der Waals surface area (Å²) in [6, 6.07) is 9.51. The number of thiophene rings is 1. The van der Waals surface area contributed by atoms with Crippen molar-refractivity contribution >= 4 is 58.7 Å². The molecule has 5 aromatic rings. The Labute approximate surface area is 154 Å². The molecule has 0 bridgehead atoms. The average Bonchev–Trinajstić information content (AvgIpc) is 3.05. The minimum absolute atomic E-state index is 0.0442. The minimum atomic E-state index is -0.422. The highest BCUT2D eigenvalue weighted by Gasteiger charge is 2.21. The van der Waals surface area contributed by atoms with E-state index < -0.39 is 5.43 Å². The van der Waals surface area contributed by atoms with E-state index in [1.54, 1.807) is 24.3 Å². The summed E-state index contributed by atoms with van der Waals surface area (Å²) in [4.78, 5) is 52.1. The number of rotatable bonds is 0. The summed E-state index contributed by atoms with van der Waals surface area (Å²) >= 11 is 0.917. The third kappa shape index (κ3) is 1.93. The summed E-state index contributed by atoms with van der Waals surface area (Å²) in [7, 11) is 0. The molecule has 0 aliphatic heterocycles. The van der Waals surface area contributed by atoms with Gasteiger partial charge < -0.3 is 5.73 Å². The second kappa shape index (κ2) is 5.08. The van der Waals surface area contributed by atoms with Crippen LogP contribution in [0, 0.1) is 6.92 Å². The topological polar surface area (TPSA) is 94.3 Å². The van der Waals surface area contributed by atoms with Crippen molar-refractivity contribution in [3.8, 4) is 0 Å². The molecular formula is C21H11NO4S. The molecule has 0 amide bonds. The van der Waals surface area contributed by atoms with Gasteiger partial charge in [-0.3, -0.25) is 19.2 Å². The quantitative estimate of drug-likeness (QED) is 0.421. The number of nitrogens with two attached hydrogens (primary N) is 1. The van der Waals surface area contributed by atoms with E-state index in [9.17, 15) is 19.2 Å². The van der Waals surface area contributed by atoms with Crippen LogP contribution in [0.2, 0.25) is 0 Å². The zero-order valence-corrected chi connectivity index (χ0v) is 14.9. The Morgan fingerprint density at radius 1 is 0.667 bits per heavy atom. The van der Waals surface area contributed by atoms with Gasteiger partial charge in [-0.25, -0.2) is 0 Å². The van der Waals surface area contributed by atoms with Gasteiger partial charge in [-0.1, -0.05) is 11.6 Å². The number of hydrogen-bond donors (Lipinski definition) is 1. The molecular weight excluding hydrogens is 362 g/mol. The molecule has 4 aromatic carbocycles. The van der Waals surface area contributed by atoms with Crippen LogP contribution in [0.4, 0.5) is 5.69 Å². The second-order valence-electron chi connectivity index (χ2n) is 6.68. The fourth-order valence-electron chi connectivity index (χ4n) is 3.69. The molecule has 1 aromatic heterocycles. The molecule has 6 heteroatoms. The number of nitrogen functional groups attached to an aromatic ring is 1. The Hall–Kier alpha value is -3.38. The molecule has 5 rings (SSSR count). The number of benzene rings is 4. The minimum Gasteiger partial charge on any atom is -0.399 e. The smallest absolute Gasteiger partial charge is 0.204 e. The molecule has 0 fully saturated rings. The molecule has 0 saturated heterocycles. The van der Waals surface area contributed by atoms with Gasteiger partial charge in [0.2, 0.25) is 10.9 Å². The second-order valence-corrected chi connectivity index (χ2v) is 7.70. The predicted octanol–water partition coefficient (Wildman–Crippen LogP) is 2.57. The molecule has 0 atom stereocenters. The van der Waals surface area contributed by atoms with Crippen molar-refractivity contribution in [2.24, 2.45) is 0 Å². The zero-order valence-electron chi connectivity index (χ0n) is 14.1. The summed E-state index contributed by atoms with van der Waals surface area (Å²) in [5, 5.41) is 1.09. The fourth-order valence-corrected chi connectivity index (χ4v) is 4.89. The lowest BCUT2D eigenvalue weighted by molar-refractivity contribution is 1.50. The van der Waals surface area contributed by atoms with Gasteiger partial charge in [0, 0.05) is 27.2 Å². The Morgan fingerprint density at radius 3 is 1.89 bits per heavy atom. The first-order chi connectivity index (χ1) is 12.9. The van der Waals surface area contributed by atoms with Gasteiger partial charge in [0.05, 0.1) is 20.2 Å². The molecule has 0 spiro atoms. The fraction of sp³-hybridized carbons (Fsp3) is 0.0476. The maximum Gasteiger partial charge on any atom is 0.204 e. The van der Waals surface area contributed by atoms with Gasteiger partial charge in [-0.15, -0.1) is 11.3 Å². The van der Waals surface area contributed by atoms with Gasteiger partial charge in [0.15, 0.2) is 10.9 Å². The van der Waals surface area contributed by atoms with Gasteiger partial charge in [0.1, 0.15) is 0 Å². The van der Waals surface area contributed by atoms with Crippen molar-refractivity contribution in [1.29, 1.82) is 0 Å². The van der Waals surface area contributed by atoms with Crippen LogP contribution in [0.3, 0.4) is 0 Å². The van der Waals surface area contributed by atoms with Crippen LogP contribution in [0.5, 0.6) is 0 Å². The Kier molecular flexibility index (Phi) is 2.98. The maximum absolute atomic E-state index is 13.1. The number of hydrogen-bond acceptors (Lipinski definition) is 6. The van der Waals surface area contributed by atoms with Crippen molar-refractivity contribution in [1.82, 2.24) is 0 Å². The highest BCUT2D eigenvalue weighted by atomic mass is 32.1. The van der Waals surface area contributed by atoms with E-state index in [2.05, 4.69) is 0 Å². The highest BCUT2D eigenvalue weighted by Crippen LogP contribution is 2.29. The van der Waals surface area contributed by atoms with E-state index in [0.717, 1.165) is 16.9 Å². The predicted molar refractivity (Wildman–Crippen MR) is 111 cm³/mol. The zero-order chi connectivity index (χ0) is 19.0. The van der Waals surface area contributed by atoms with E-state index in [-0.39, 0.29) is 52.6 Å². The molecule has 27 heavy (non-hydrogen) atoms. The standard InChI is InChI=1S/C21H11NO4S/c1-8-2-4-11-12(6-8)17(24)15-14-16(23)10-5-3-9(22)7-13(10)19(26)21(14)27-20(15)18(11)25/h2-7H,22H2,1H3. The molecule has 0 radical (unpaired) electrons. The summed E-state index contributed by atoms with van der Waals surface area (Å²) in [6.45, 7) is 1.83. The molecule has 0 unspecified atom stereocenters. The molecule has 2 N–H and O–H groups in total. The van der Waals surface area contributed by atoms with Crippen LogP contribution < -0.4 is 27.4 Å². The maximum atomic E-state index is 13.1. The molecule has 5 nitrogen and oxygen atoms in total. The van der Waals surface area contributed by atoms with Crippen LogP contribution in [-0.2, 0) is 0 Å². The molecule has 1 heterocycles. The summed E-state index contributed by atoms with van der Waals surface area (Å²) < 4.78 is 0.290.